The summed E-state index contributed by atoms with van der Waals surface area (Å²) in [5.74, 6) is -0.178. The van der Waals surface area contributed by atoms with Crippen molar-refractivity contribution in [3.8, 4) is 0 Å². The molecule has 7 heteroatoms. The summed E-state index contributed by atoms with van der Waals surface area (Å²) in [5, 5.41) is 15.3. The minimum atomic E-state index is -0.776. The van der Waals surface area contributed by atoms with Crippen LogP contribution in [0.4, 0.5) is 17.1 Å². The van der Waals surface area contributed by atoms with Crippen LogP contribution >= 0.6 is 0 Å². The molecule has 0 saturated heterocycles. The number of nitrogens with one attached hydrogen (secondary N) is 1. The first-order chi connectivity index (χ1) is 20.1. The van der Waals surface area contributed by atoms with Crippen LogP contribution in [0.5, 0.6) is 0 Å². The highest BCUT2D eigenvalue weighted by Gasteiger charge is 2.41. The smallest absolute Gasteiger partial charge is 0.269 e. The Morgan fingerprint density at radius 3 is 2.40 bits per heavy atom. The lowest BCUT2D eigenvalue weighted by atomic mass is 9.77. The van der Waals surface area contributed by atoms with Crippen LogP contribution in [0.25, 0.3) is 0 Å². The largest absolute Gasteiger partial charge is 0.357 e. The molecule has 2 aliphatic rings. The number of nitro groups is 1. The number of unbranched alkanes of at least 4 members (excludes halogenated alkanes) is 2. The van der Waals surface area contributed by atoms with Gasteiger partial charge < -0.3 is 5.32 Å². The SMILES string of the molecule is CCCCCC(=O)N1c2ccccc2NC2=C(C(=O)C[C@H](c3ccc(C(C)(C)C)cc3)C2)[C@@H]1c1cccc([N+](=O)[O-])c1. The molecular formula is C35H39N3O4. The first kappa shape index (κ1) is 29.2. The molecule has 0 saturated carbocycles. The second kappa shape index (κ2) is 11.9. The van der Waals surface area contributed by atoms with Gasteiger partial charge in [0.2, 0.25) is 5.91 Å². The molecule has 1 amide bonds. The molecule has 42 heavy (non-hydrogen) atoms. The zero-order valence-electron chi connectivity index (χ0n) is 24.9. The summed E-state index contributed by atoms with van der Waals surface area (Å²) in [6.07, 6.45) is 3.85. The molecule has 0 spiro atoms. The molecule has 3 aromatic carbocycles. The van der Waals surface area contributed by atoms with E-state index >= 15 is 0 Å². The zero-order valence-corrected chi connectivity index (χ0v) is 24.9. The fourth-order valence-electron chi connectivity index (χ4n) is 6.13. The number of nitrogens with zero attached hydrogens (tertiary/aromatic N) is 2. The Balaban J connectivity index is 1.64. The van der Waals surface area contributed by atoms with Crippen LogP contribution < -0.4 is 10.2 Å². The minimum Gasteiger partial charge on any atom is -0.357 e. The first-order valence-electron chi connectivity index (χ1n) is 14.9. The van der Waals surface area contributed by atoms with Gasteiger partial charge >= 0.3 is 0 Å². The van der Waals surface area contributed by atoms with E-state index in [0.717, 1.165) is 36.2 Å². The van der Waals surface area contributed by atoms with Gasteiger partial charge in [-0.05, 0) is 53.0 Å². The highest BCUT2D eigenvalue weighted by atomic mass is 16.6. The van der Waals surface area contributed by atoms with Crippen molar-refractivity contribution >= 4 is 28.8 Å². The van der Waals surface area contributed by atoms with Gasteiger partial charge in [0.1, 0.15) is 0 Å². The van der Waals surface area contributed by atoms with Crippen LogP contribution in [-0.4, -0.2) is 16.6 Å². The number of benzene rings is 3. The number of carbonyl (C=O) groups is 2. The number of amides is 1. The molecule has 0 radical (unpaired) electrons. The normalized spacial score (nSPS) is 18.6. The van der Waals surface area contributed by atoms with E-state index in [1.807, 2.05) is 24.3 Å². The van der Waals surface area contributed by atoms with Crippen molar-refractivity contribution in [2.45, 2.75) is 83.6 Å². The molecule has 0 bridgehead atoms. The summed E-state index contributed by atoms with van der Waals surface area (Å²) < 4.78 is 0. The van der Waals surface area contributed by atoms with Gasteiger partial charge in [-0.3, -0.25) is 24.6 Å². The van der Waals surface area contributed by atoms with Crippen molar-refractivity contribution in [1.29, 1.82) is 0 Å². The third kappa shape index (κ3) is 5.87. The first-order valence-corrected chi connectivity index (χ1v) is 14.9. The number of fused-ring (bicyclic) bond motifs is 1. The highest BCUT2D eigenvalue weighted by Crippen LogP contribution is 2.48. The Bertz CT molecular complexity index is 1530. The quantitative estimate of drug-likeness (QED) is 0.176. The molecule has 1 heterocycles. The van der Waals surface area contributed by atoms with Gasteiger partial charge in [-0.15, -0.1) is 0 Å². The summed E-state index contributed by atoms with van der Waals surface area (Å²) in [6, 6.07) is 21.7. The minimum absolute atomic E-state index is 0.0255. The number of Topliss-reactive ketones (excluding diaryl/α,β-unsaturated/α-hetero) is 1. The van der Waals surface area contributed by atoms with E-state index in [2.05, 4.69) is 57.3 Å². The molecule has 1 aliphatic heterocycles. The van der Waals surface area contributed by atoms with Crippen LogP contribution in [0.3, 0.4) is 0 Å². The summed E-state index contributed by atoms with van der Waals surface area (Å²) in [4.78, 5) is 41.2. The van der Waals surface area contributed by atoms with Gasteiger partial charge in [-0.25, -0.2) is 0 Å². The number of allylic oxidation sites excluding steroid dienone is 1. The van der Waals surface area contributed by atoms with E-state index in [4.69, 9.17) is 0 Å². The number of rotatable bonds is 7. The third-order valence-corrected chi connectivity index (χ3v) is 8.40. The van der Waals surface area contributed by atoms with E-state index in [1.54, 1.807) is 17.0 Å². The summed E-state index contributed by atoms with van der Waals surface area (Å²) >= 11 is 0. The third-order valence-electron chi connectivity index (χ3n) is 8.40. The van der Waals surface area contributed by atoms with Crippen molar-refractivity contribution in [2.75, 3.05) is 10.2 Å². The second-order valence-electron chi connectivity index (χ2n) is 12.4. The number of hydrogen-bond donors (Lipinski definition) is 1. The molecule has 1 aliphatic carbocycles. The molecule has 5 rings (SSSR count). The molecule has 218 valence electrons. The summed E-state index contributed by atoms with van der Waals surface area (Å²) in [5.41, 5.74) is 5.55. The fraction of sp³-hybridized carbons (Fsp3) is 0.371. The van der Waals surface area contributed by atoms with Crippen molar-refractivity contribution in [3.05, 3.63) is 111 Å². The summed E-state index contributed by atoms with van der Waals surface area (Å²) in [6.45, 7) is 8.63. The van der Waals surface area contributed by atoms with Gasteiger partial charge in [-0.1, -0.05) is 89.1 Å². The molecule has 0 unspecified atom stereocenters. The molecule has 7 nitrogen and oxygen atoms in total. The Hall–Kier alpha value is -4.26. The predicted molar refractivity (Wildman–Crippen MR) is 167 cm³/mol. The zero-order chi connectivity index (χ0) is 30.0. The number of anilines is 2. The average molecular weight is 566 g/mol. The van der Waals surface area contributed by atoms with Gasteiger partial charge in [0, 0.05) is 36.2 Å². The van der Waals surface area contributed by atoms with Crippen LogP contribution in [0.15, 0.2) is 84.1 Å². The lowest BCUT2D eigenvalue weighted by molar-refractivity contribution is -0.384. The van der Waals surface area contributed by atoms with E-state index in [-0.39, 0.29) is 28.7 Å². The maximum Gasteiger partial charge on any atom is 0.269 e. The number of para-hydroxylation sites is 2. The molecule has 2 atom stereocenters. The Morgan fingerprint density at radius 2 is 1.71 bits per heavy atom. The number of non-ortho nitro benzene ring substituents is 1. The molecule has 1 N–H and O–H groups in total. The number of carbonyl (C=O) groups excluding carboxylic acids is 2. The van der Waals surface area contributed by atoms with Crippen LogP contribution in [-0.2, 0) is 15.0 Å². The Kier molecular flexibility index (Phi) is 8.30. The molecule has 3 aromatic rings. The highest BCUT2D eigenvalue weighted by molar-refractivity contribution is 6.06. The van der Waals surface area contributed by atoms with Gasteiger partial charge in [0.15, 0.2) is 5.78 Å². The van der Waals surface area contributed by atoms with Gasteiger partial charge in [-0.2, -0.15) is 0 Å². The van der Waals surface area contributed by atoms with Crippen molar-refractivity contribution in [3.63, 3.8) is 0 Å². The number of hydrogen-bond acceptors (Lipinski definition) is 5. The number of nitro benzene ring substituents is 1. The van der Waals surface area contributed by atoms with Crippen LogP contribution in [0.1, 0.15) is 94.9 Å². The van der Waals surface area contributed by atoms with Crippen LogP contribution in [0.2, 0.25) is 0 Å². The molecule has 0 aromatic heterocycles. The van der Waals surface area contributed by atoms with Crippen molar-refractivity contribution in [1.82, 2.24) is 0 Å². The van der Waals surface area contributed by atoms with E-state index in [1.165, 1.54) is 17.7 Å². The van der Waals surface area contributed by atoms with E-state index < -0.39 is 11.0 Å². The van der Waals surface area contributed by atoms with E-state index in [0.29, 0.717) is 36.1 Å². The second-order valence-corrected chi connectivity index (χ2v) is 12.4. The van der Waals surface area contributed by atoms with E-state index in [9.17, 15) is 19.7 Å². The monoisotopic (exact) mass is 565 g/mol. The summed E-state index contributed by atoms with van der Waals surface area (Å²) in [7, 11) is 0. The topological polar surface area (TPSA) is 92.6 Å². The lowest BCUT2D eigenvalue weighted by Crippen LogP contribution is -2.38. The predicted octanol–water partition coefficient (Wildman–Crippen LogP) is 8.37. The maximum atomic E-state index is 14.2. The number of ketones is 1. The van der Waals surface area contributed by atoms with Crippen molar-refractivity contribution < 1.29 is 14.5 Å². The standard InChI is InChI=1S/C35H39N3O4/c1-5-6-7-15-32(40)37-30-14-9-8-13-28(30)36-29-21-25(23-16-18-26(19-17-23)35(2,3)4)22-31(39)33(29)34(37)24-11-10-12-27(20-24)38(41)42/h8-14,16-20,25,34,36H,5-7,15,21-22H2,1-4H3/t25-,34+/m1/s1. The van der Waals surface area contributed by atoms with Crippen molar-refractivity contribution in [2.24, 2.45) is 0 Å². The molecular weight excluding hydrogens is 526 g/mol. The average Bonchev–Trinajstić information content (AvgIpc) is 3.11. The van der Waals surface area contributed by atoms with Crippen LogP contribution in [0, 0.1) is 10.1 Å². The Labute approximate surface area is 247 Å². The van der Waals surface area contributed by atoms with Gasteiger partial charge in [0.25, 0.3) is 5.69 Å². The van der Waals surface area contributed by atoms with Gasteiger partial charge in [0.05, 0.1) is 22.3 Å². The lowest BCUT2D eigenvalue weighted by Gasteiger charge is -2.35. The molecule has 0 fully saturated rings. The fourth-order valence-corrected chi connectivity index (χ4v) is 6.13. The Morgan fingerprint density at radius 1 is 0.976 bits per heavy atom. The maximum absolute atomic E-state index is 14.2.